The Morgan fingerprint density at radius 2 is 2.20 bits per heavy atom. The van der Waals surface area contributed by atoms with Crippen LogP contribution in [0.4, 0.5) is 5.69 Å². The first-order valence-corrected chi connectivity index (χ1v) is 6.35. The number of nitro groups is 1. The van der Waals surface area contributed by atoms with Crippen LogP contribution < -0.4 is 0 Å². The molecule has 0 bridgehead atoms. The highest BCUT2D eigenvalue weighted by Gasteiger charge is 2.20. The number of nitro benzene ring substituents is 1. The molecular weight excluding hydrogens is 286 g/mol. The minimum absolute atomic E-state index is 0.0300. The van der Waals surface area contributed by atoms with Crippen LogP contribution in [0.3, 0.4) is 0 Å². The maximum atomic E-state index is 11.3. The molecule has 0 radical (unpaired) electrons. The zero-order valence-electron chi connectivity index (χ0n) is 10.3. The van der Waals surface area contributed by atoms with Crippen molar-refractivity contribution in [3.63, 3.8) is 0 Å². The fourth-order valence-corrected chi connectivity index (χ4v) is 2.10. The van der Waals surface area contributed by atoms with Gasteiger partial charge in [-0.3, -0.25) is 10.1 Å². The molecule has 1 aromatic carbocycles. The maximum absolute atomic E-state index is 11.3. The van der Waals surface area contributed by atoms with Crippen molar-refractivity contribution < 1.29 is 18.9 Å². The van der Waals surface area contributed by atoms with E-state index in [-0.39, 0.29) is 23.4 Å². The number of carbonyl (C=O) groups is 1. The third-order valence-corrected chi connectivity index (χ3v) is 3.02. The number of esters is 1. The highest BCUT2D eigenvalue weighted by molar-refractivity contribution is 7.99. The van der Waals surface area contributed by atoms with Crippen molar-refractivity contribution in [3.05, 3.63) is 40.3 Å². The number of hydrogen-bond acceptors (Lipinski definition) is 8. The van der Waals surface area contributed by atoms with E-state index in [4.69, 9.17) is 9.15 Å². The average Bonchev–Trinajstić information content (AvgIpc) is 2.88. The van der Waals surface area contributed by atoms with Gasteiger partial charge in [0.1, 0.15) is 0 Å². The molecule has 0 N–H and O–H groups in total. The van der Waals surface area contributed by atoms with Crippen LogP contribution in [0.5, 0.6) is 0 Å². The Hall–Kier alpha value is -2.42. The SMILES string of the molecule is CCOC(=O)c1nnc(Sc2ccccc2[N+](=O)[O-])o1. The second-order valence-electron chi connectivity index (χ2n) is 3.42. The van der Waals surface area contributed by atoms with Crippen molar-refractivity contribution in [2.45, 2.75) is 17.0 Å². The van der Waals surface area contributed by atoms with Gasteiger partial charge in [-0.2, -0.15) is 0 Å². The lowest BCUT2D eigenvalue weighted by molar-refractivity contribution is -0.387. The molecular formula is C11H9N3O5S. The topological polar surface area (TPSA) is 108 Å². The fourth-order valence-electron chi connectivity index (χ4n) is 1.31. The minimum Gasteiger partial charge on any atom is -0.459 e. The molecule has 1 heterocycles. The van der Waals surface area contributed by atoms with Crippen molar-refractivity contribution in [2.24, 2.45) is 0 Å². The van der Waals surface area contributed by atoms with Crippen molar-refractivity contribution >= 4 is 23.4 Å². The van der Waals surface area contributed by atoms with Crippen molar-refractivity contribution in [2.75, 3.05) is 6.61 Å². The standard InChI is InChI=1S/C11H9N3O5S/c1-2-18-10(15)9-12-13-11(19-9)20-8-6-4-3-5-7(8)14(16)17/h3-6H,2H2,1H3. The van der Waals surface area contributed by atoms with Gasteiger partial charge in [0.05, 0.1) is 16.4 Å². The number of aromatic nitrogens is 2. The Morgan fingerprint density at radius 1 is 1.45 bits per heavy atom. The Labute approximate surface area is 117 Å². The summed E-state index contributed by atoms with van der Waals surface area (Å²) >= 11 is 0.909. The van der Waals surface area contributed by atoms with Gasteiger partial charge in [-0.1, -0.05) is 17.2 Å². The monoisotopic (exact) mass is 295 g/mol. The number of carbonyl (C=O) groups excluding carboxylic acids is 1. The summed E-state index contributed by atoms with van der Waals surface area (Å²) in [6, 6.07) is 6.13. The van der Waals surface area contributed by atoms with E-state index in [1.165, 1.54) is 6.07 Å². The third kappa shape index (κ3) is 3.12. The quantitative estimate of drug-likeness (QED) is 0.469. The second-order valence-corrected chi connectivity index (χ2v) is 4.41. The van der Waals surface area contributed by atoms with Gasteiger partial charge in [-0.05, 0) is 24.8 Å². The Balaban J connectivity index is 2.19. The molecule has 0 aliphatic carbocycles. The van der Waals surface area contributed by atoms with E-state index in [0.717, 1.165) is 11.8 Å². The minimum atomic E-state index is -0.727. The zero-order valence-corrected chi connectivity index (χ0v) is 11.1. The molecule has 1 aromatic heterocycles. The number of benzene rings is 1. The number of ether oxygens (including phenoxy) is 1. The summed E-state index contributed by atoms with van der Waals surface area (Å²) < 4.78 is 9.78. The molecule has 104 valence electrons. The van der Waals surface area contributed by atoms with Gasteiger partial charge in [0.25, 0.3) is 10.9 Å². The Morgan fingerprint density at radius 3 is 2.90 bits per heavy atom. The lowest BCUT2D eigenvalue weighted by Crippen LogP contribution is -2.04. The van der Waals surface area contributed by atoms with Gasteiger partial charge >= 0.3 is 11.9 Å². The summed E-state index contributed by atoms with van der Waals surface area (Å²) in [6.45, 7) is 1.84. The number of hydrogen-bond donors (Lipinski definition) is 0. The number of rotatable bonds is 5. The van der Waals surface area contributed by atoms with Crippen molar-refractivity contribution in [1.82, 2.24) is 10.2 Å². The van der Waals surface area contributed by atoms with Crippen LogP contribution in [0.15, 0.2) is 38.8 Å². The van der Waals surface area contributed by atoms with Crippen LogP contribution in [0.2, 0.25) is 0 Å². The highest BCUT2D eigenvalue weighted by atomic mass is 32.2. The fraction of sp³-hybridized carbons (Fsp3) is 0.182. The smallest absolute Gasteiger partial charge is 0.396 e. The summed E-state index contributed by atoms with van der Waals surface area (Å²) in [6.07, 6.45) is 0. The van der Waals surface area contributed by atoms with Crippen LogP contribution in [0.25, 0.3) is 0 Å². The van der Waals surface area contributed by atoms with Crippen molar-refractivity contribution in [3.8, 4) is 0 Å². The molecule has 0 aliphatic heterocycles. The maximum Gasteiger partial charge on any atom is 0.396 e. The van der Waals surface area contributed by atoms with Crippen LogP contribution in [-0.4, -0.2) is 27.7 Å². The molecule has 0 saturated carbocycles. The molecule has 9 heteroatoms. The predicted molar refractivity (Wildman–Crippen MR) is 67.5 cm³/mol. The van der Waals surface area contributed by atoms with Gasteiger partial charge in [-0.15, -0.1) is 5.10 Å². The van der Waals surface area contributed by atoms with E-state index in [2.05, 4.69) is 10.2 Å². The molecule has 2 aromatic rings. The van der Waals surface area contributed by atoms with E-state index in [1.54, 1.807) is 25.1 Å². The molecule has 2 rings (SSSR count). The van der Waals surface area contributed by atoms with Gasteiger partial charge < -0.3 is 9.15 Å². The third-order valence-electron chi connectivity index (χ3n) is 2.12. The molecule has 0 aliphatic rings. The van der Waals surface area contributed by atoms with Crippen molar-refractivity contribution in [1.29, 1.82) is 0 Å². The normalized spacial score (nSPS) is 10.2. The summed E-state index contributed by atoms with van der Waals surface area (Å²) in [4.78, 5) is 22.0. The van der Waals surface area contributed by atoms with E-state index < -0.39 is 10.9 Å². The average molecular weight is 295 g/mol. The highest BCUT2D eigenvalue weighted by Crippen LogP contribution is 2.33. The largest absolute Gasteiger partial charge is 0.459 e. The molecule has 0 unspecified atom stereocenters. The Kier molecular flexibility index (Phi) is 4.31. The molecule has 8 nitrogen and oxygen atoms in total. The van der Waals surface area contributed by atoms with E-state index in [1.807, 2.05) is 0 Å². The van der Waals surface area contributed by atoms with Gasteiger partial charge in [-0.25, -0.2) is 4.79 Å². The van der Waals surface area contributed by atoms with E-state index in [0.29, 0.717) is 4.90 Å². The molecule has 20 heavy (non-hydrogen) atoms. The second kappa shape index (κ2) is 6.15. The number of para-hydroxylation sites is 1. The lowest BCUT2D eigenvalue weighted by atomic mass is 10.3. The molecule has 0 spiro atoms. The first-order chi connectivity index (χ1) is 9.61. The van der Waals surface area contributed by atoms with E-state index >= 15 is 0 Å². The van der Waals surface area contributed by atoms with Crippen LogP contribution >= 0.6 is 11.8 Å². The first-order valence-electron chi connectivity index (χ1n) is 5.53. The predicted octanol–water partition coefficient (Wildman–Crippen LogP) is 2.31. The summed E-state index contributed by atoms with van der Waals surface area (Å²) in [7, 11) is 0. The van der Waals surface area contributed by atoms with E-state index in [9.17, 15) is 14.9 Å². The van der Waals surface area contributed by atoms with Crippen LogP contribution in [0, 0.1) is 10.1 Å². The zero-order chi connectivity index (χ0) is 14.5. The molecule has 0 fully saturated rings. The molecule has 0 atom stereocenters. The summed E-state index contributed by atoms with van der Waals surface area (Å²) in [5, 5.41) is 18.1. The lowest BCUT2D eigenvalue weighted by Gasteiger charge is -1.98. The van der Waals surface area contributed by atoms with Crippen LogP contribution in [0.1, 0.15) is 17.6 Å². The summed E-state index contributed by atoms with van der Waals surface area (Å²) in [5.74, 6) is -1.01. The molecule has 0 amide bonds. The van der Waals surface area contributed by atoms with Gasteiger partial charge in [0, 0.05) is 6.07 Å². The Bertz CT molecular complexity index is 642. The van der Waals surface area contributed by atoms with Gasteiger partial charge in [0.2, 0.25) is 0 Å². The summed E-state index contributed by atoms with van der Waals surface area (Å²) in [5.41, 5.74) is -0.0756. The first kappa shape index (κ1) is 14.0. The van der Waals surface area contributed by atoms with Gasteiger partial charge in [0.15, 0.2) is 0 Å². The van der Waals surface area contributed by atoms with Crippen LogP contribution in [-0.2, 0) is 4.74 Å². The molecule has 0 saturated heterocycles. The number of nitrogens with zero attached hydrogens (tertiary/aromatic N) is 3.